The van der Waals surface area contributed by atoms with Gasteiger partial charge < -0.3 is 44.9 Å². The quantitative estimate of drug-likeness (QED) is 0.0494. The minimum Gasteiger partial charge on any atom is -0.481 e. The molecule has 0 heterocycles. The first kappa shape index (κ1) is 62.9. The monoisotopic (exact) mass is 886 g/mol. The largest absolute Gasteiger partial charge is 0.490 e. The van der Waals surface area contributed by atoms with Crippen molar-refractivity contribution in [2.75, 3.05) is 37.0 Å². The number of ether oxygens (including phenoxy) is 2. The van der Waals surface area contributed by atoms with E-state index < -0.39 is 69.4 Å². The van der Waals surface area contributed by atoms with Crippen molar-refractivity contribution in [2.45, 2.75) is 125 Å². The molecule has 338 valence electrons. The number of carbonyl (C=O) groups excluding carboxylic acids is 4. The van der Waals surface area contributed by atoms with E-state index in [1.54, 1.807) is 20.8 Å². The Morgan fingerprint density at radius 3 is 0.828 bits per heavy atom. The summed E-state index contributed by atoms with van der Waals surface area (Å²) in [4.78, 5) is 103. The molecule has 0 saturated carbocycles. The van der Waals surface area contributed by atoms with Gasteiger partial charge >= 0.3 is 53.9 Å². The molecule has 0 amide bonds. The van der Waals surface area contributed by atoms with Gasteiger partial charge in [0.15, 0.2) is 0 Å². The van der Waals surface area contributed by atoms with Crippen LogP contribution in [0.4, 0.5) is 13.2 Å². The Bertz CT molecular complexity index is 1180. The zero-order valence-electron chi connectivity index (χ0n) is 34.3. The minimum absolute atomic E-state index is 0.0229. The standard InChI is InChI=1S/C10H17O5P.C9H15O6P.C8H14O3.C6H12O2.C2HF3O2/c1-8(11)2-5-16(6-3-9(12)13)7-4-10(14)15;10-7(11)1-4-16(5-2-8(12)13)6-3-9(14)15;1-6(9)5-7(10)11-8(2,3)4;1-5(7)8-6(2,3)4;3-2(4,5)1(6)7/h2-7H2,1H3,(H,12,13)(H,14,15);1-6H2,(H,10,11)(H,12,13)(H,14,15);5H2,1-4H3;1-4H3;(H,6,7). The molecule has 0 atom stereocenters. The van der Waals surface area contributed by atoms with Crippen molar-refractivity contribution < 1.29 is 101 Å². The summed E-state index contributed by atoms with van der Waals surface area (Å²) in [6.07, 6.45) is -1.90. The van der Waals surface area contributed by atoms with Crippen molar-refractivity contribution in [1.29, 1.82) is 0 Å². The van der Waals surface area contributed by atoms with Crippen LogP contribution >= 0.6 is 15.8 Å². The van der Waals surface area contributed by atoms with E-state index in [1.165, 1.54) is 20.8 Å². The molecule has 58 heavy (non-hydrogen) atoms. The van der Waals surface area contributed by atoms with E-state index in [0.717, 1.165) is 0 Å². The maximum absolute atomic E-state index is 10.8. The van der Waals surface area contributed by atoms with Crippen molar-refractivity contribution in [1.82, 2.24) is 0 Å². The Kier molecular flexibility index (Phi) is 36.6. The molecule has 18 nitrogen and oxygen atoms in total. The molecule has 0 aliphatic carbocycles. The second-order valence-corrected chi connectivity index (χ2v) is 19.2. The fourth-order valence-corrected chi connectivity index (χ4v) is 7.78. The Labute approximate surface area is 337 Å². The number of carboxylic acids is 6. The molecule has 0 aromatic carbocycles. The topological polar surface area (TPSA) is 311 Å². The highest BCUT2D eigenvalue weighted by Gasteiger charge is 2.38. The van der Waals surface area contributed by atoms with Crippen molar-refractivity contribution in [2.24, 2.45) is 0 Å². The molecule has 0 aliphatic heterocycles. The summed E-state index contributed by atoms with van der Waals surface area (Å²) in [7, 11) is -1.44. The van der Waals surface area contributed by atoms with Gasteiger partial charge in [-0.1, -0.05) is 0 Å². The van der Waals surface area contributed by atoms with Crippen molar-refractivity contribution in [3.63, 3.8) is 0 Å². The second kappa shape index (κ2) is 33.7. The molecule has 0 radical (unpaired) electrons. The maximum atomic E-state index is 10.8. The van der Waals surface area contributed by atoms with E-state index in [2.05, 4.69) is 0 Å². The summed E-state index contributed by atoms with van der Waals surface area (Å²) in [6, 6.07) is 0. The predicted molar refractivity (Wildman–Crippen MR) is 206 cm³/mol. The van der Waals surface area contributed by atoms with E-state index >= 15 is 0 Å². The first-order valence-corrected chi connectivity index (χ1v) is 21.0. The minimum atomic E-state index is -5.08. The number of esters is 2. The molecule has 0 bridgehead atoms. The Hall–Kier alpha value is -4.25. The fraction of sp³-hybridized carbons (Fsp3) is 0.714. The Morgan fingerprint density at radius 1 is 0.448 bits per heavy atom. The Morgan fingerprint density at radius 2 is 0.690 bits per heavy atom. The van der Waals surface area contributed by atoms with Crippen molar-refractivity contribution >= 4 is 75.2 Å². The molecule has 0 rings (SSSR count). The van der Waals surface area contributed by atoms with Gasteiger partial charge in [0.25, 0.3) is 0 Å². The van der Waals surface area contributed by atoms with E-state index in [-0.39, 0.29) is 61.7 Å². The highest BCUT2D eigenvalue weighted by atomic mass is 31.1. The first-order valence-electron chi connectivity index (χ1n) is 17.2. The number of aliphatic carboxylic acids is 6. The third-order valence-electron chi connectivity index (χ3n) is 5.50. The lowest BCUT2D eigenvalue weighted by Gasteiger charge is -2.18. The van der Waals surface area contributed by atoms with Gasteiger partial charge in [0.05, 0.1) is 0 Å². The normalized spacial score (nSPS) is 10.7. The van der Waals surface area contributed by atoms with Crippen LogP contribution in [0.2, 0.25) is 0 Å². The van der Waals surface area contributed by atoms with Crippen LogP contribution < -0.4 is 0 Å². The van der Waals surface area contributed by atoms with Crippen LogP contribution in [0.5, 0.6) is 0 Å². The van der Waals surface area contributed by atoms with E-state index in [0.29, 0.717) is 43.4 Å². The van der Waals surface area contributed by atoms with Crippen LogP contribution in [0, 0.1) is 0 Å². The number of halogens is 3. The molecule has 0 aromatic rings. The zero-order chi connectivity index (χ0) is 47.0. The summed E-state index contributed by atoms with van der Waals surface area (Å²) < 4.78 is 41.4. The summed E-state index contributed by atoms with van der Waals surface area (Å²) in [6.45, 7) is 15.1. The van der Waals surface area contributed by atoms with E-state index in [9.17, 15) is 56.3 Å². The number of ketones is 2. The van der Waals surface area contributed by atoms with Crippen LogP contribution in [0.1, 0.15) is 107 Å². The predicted octanol–water partition coefficient (Wildman–Crippen LogP) is 5.58. The van der Waals surface area contributed by atoms with Crippen LogP contribution in [-0.4, -0.2) is 144 Å². The van der Waals surface area contributed by atoms with Crippen molar-refractivity contribution in [3.05, 3.63) is 0 Å². The first-order chi connectivity index (χ1) is 26.0. The maximum Gasteiger partial charge on any atom is 0.490 e. The van der Waals surface area contributed by atoms with Gasteiger partial charge in [-0.25, -0.2) is 4.79 Å². The lowest BCUT2D eigenvalue weighted by atomic mass is 10.2. The average molecular weight is 887 g/mol. The molecule has 0 fully saturated rings. The molecule has 0 aliphatic rings. The van der Waals surface area contributed by atoms with E-state index in [4.69, 9.17) is 44.9 Å². The van der Waals surface area contributed by atoms with Gasteiger partial charge in [-0.2, -0.15) is 13.2 Å². The van der Waals surface area contributed by atoms with Gasteiger partial charge in [-0.05, 0) is 92.4 Å². The lowest BCUT2D eigenvalue weighted by Crippen LogP contribution is -2.24. The molecule has 6 N–H and O–H groups in total. The molecular weight excluding hydrogens is 827 g/mol. The lowest BCUT2D eigenvalue weighted by molar-refractivity contribution is -0.192. The summed E-state index contributed by atoms with van der Waals surface area (Å²) in [5, 5.41) is 49.7. The zero-order valence-corrected chi connectivity index (χ0v) is 36.1. The fourth-order valence-electron chi connectivity index (χ4n) is 3.27. The van der Waals surface area contributed by atoms with Gasteiger partial charge in [-0.15, -0.1) is 15.8 Å². The molecular formula is C35H59F3O18P2. The van der Waals surface area contributed by atoms with Gasteiger partial charge in [0.2, 0.25) is 0 Å². The molecule has 0 unspecified atom stereocenters. The second-order valence-electron chi connectivity index (χ2n) is 13.8. The van der Waals surface area contributed by atoms with Crippen LogP contribution in [0.3, 0.4) is 0 Å². The number of carbonyl (C=O) groups is 10. The van der Waals surface area contributed by atoms with Crippen LogP contribution in [0.15, 0.2) is 0 Å². The van der Waals surface area contributed by atoms with E-state index in [1.807, 2.05) is 20.8 Å². The Balaban J connectivity index is -0.000000209. The highest BCUT2D eigenvalue weighted by molar-refractivity contribution is 7.58. The van der Waals surface area contributed by atoms with Crippen molar-refractivity contribution in [3.8, 4) is 0 Å². The number of hydrogen-bond acceptors (Lipinski definition) is 12. The third kappa shape index (κ3) is 63.7. The molecule has 0 saturated heterocycles. The number of carboxylic acid groups (broad SMARTS) is 6. The van der Waals surface area contributed by atoms with Gasteiger partial charge in [0, 0.05) is 45.4 Å². The molecule has 0 spiro atoms. The number of rotatable bonds is 20. The number of Topliss-reactive ketones (excluding diaryl/α,β-unsaturated/α-hetero) is 2. The highest BCUT2D eigenvalue weighted by Crippen LogP contribution is 2.38. The van der Waals surface area contributed by atoms with Crippen LogP contribution in [-0.2, 0) is 57.4 Å². The SMILES string of the molecule is CC(=O)CC(=O)OC(C)(C)C.CC(=O)CCP(CCC(=O)O)CCC(=O)O.CC(=O)OC(C)(C)C.O=C(O)C(F)(F)F.O=C(O)CCP(CCC(=O)O)CCC(=O)O. The van der Waals surface area contributed by atoms with Crippen LogP contribution in [0.25, 0.3) is 0 Å². The smallest absolute Gasteiger partial charge is 0.481 e. The summed E-state index contributed by atoms with van der Waals surface area (Å²) >= 11 is 0. The number of hydrogen-bond donors (Lipinski definition) is 6. The molecule has 23 heteroatoms. The number of alkyl halides is 3. The van der Waals surface area contributed by atoms with Gasteiger partial charge in [-0.3, -0.25) is 38.4 Å². The summed E-state index contributed by atoms with van der Waals surface area (Å²) in [5.74, 6) is -8.07. The third-order valence-corrected chi connectivity index (χ3v) is 10.6. The van der Waals surface area contributed by atoms with Gasteiger partial charge in [0.1, 0.15) is 29.2 Å². The summed E-state index contributed by atoms with van der Waals surface area (Å²) in [5.41, 5.74) is -0.821. The average Bonchev–Trinajstić information content (AvgIpc) is 2.97. The molecule has 0 aromatic heterocycles.